The van der Waals surface area contributed by atoms with Crippen molar-refractivity contribution in [1.82, 2.24) is 0 Å². The number of carbonyl (C=O) groups is 1. The Labute approximate surface area is 133 Å². The predicted octanol–water partition coefficient (Wildman–Crippen LogP) is 4.10. The first-order valence-electron chi connectivity index (χ1n) is 8.48. The third-order valence-electron chi connectivity index (χ3n) is 4.46. The van der Waals surface area contributed by atoms with Crippen LogP contribution in [-0.4, -0.2) is 30.8 Å². The van der Waals surface area contributed by atoms with Crippen LogP contribution in [0.4, 0.5) is 11.4 Å². The van der Waals surface area contributed by atoms with Crippen molar-refractivity contribution >= 4 is 17.3 Å². The van der Waals surface area contributed by atoms with Crippen molar-refractivity contribution in [3.8, 4) is 0 Å². The van der Waals surface area contributed by atoms with E-state index in [1.165, 1.54) is 38.5 Å². The fourth-order valence-electron chi connectivity index (χ4n) is 3.26. The smallest absolute Gasteiger partial charge is 0.347 e. The highest BCUT2D eigenvalue weighted by atomic mass is 16.4. The van der Waals surface area contributed by atoms with Gasteiger partial charge in [0.05, 0.1) is 11.4 Å². The fourth-order valence-corrected chi connectivity index (χ4v) is 3.26. The van der Waals surface area contributed by atoms with Gasteiger partial charge in [-0.3, -0.25) is 0 Å². The van der Waals surface area contributed by atoms with E-state index >= 15 is 0 Å². The van der Waals surface area contributed by atoms with Crippen molar-refractivity contribution in [3.63, 3.8) is 0 Å². The molecule has 0 spiro atoms. The highest BCUT2D eigenvalue weighted by molar-refractivity contribution is 5.90. The summed E-state index contributed by atoms with van der Waals surface area (Å²) in [6, 6.07) is 7.96. The zero-order valence-electron chi connectivity index (χ0n) is 13.8. The van der Waals surface area contributed by atoms with E-state index in [1.807, 2.05) is 41.1 Å². The molecule has 1 unspecified atom stereocenters. The molecule has 0 amide bonds. The van der Waals surface area contributed by atoms with Crippen molar-refractivity contribution < 1.29 is 9.90 Å². The number of rotatable bonds is 9. The Hall–Kier alpha value is -1.71. The Morgan fingerprint density at radius 1 is 1.05 bits per heavy atom. The van der Waals surface area contributed by atoms with Gasteiger partial charge in [0.15, 0.2) is 0 Å². The molecular weight excluding hydrogens is 276 g/mol. The minimum atomic E-state index is -0.776. The number of carboxylic acids is 1. The minimum absolute atomic E-state index is 0.572. The topological polar surface area (TPSA) is 43.8 Å². The van der Waals surface area contributed by atoms with Gasteiger partial charge in [-0.2, -0.15) is 0 Å². The van der Waals surface area contributed by atoms with E-state index in [0.717, 1.165) is 24.3 Å². The van der Waals surface area contributed by atoms with Crippen molar-refractivity contribution in [1.29, 1.82) is 0 Å². The lowest BCUT2D eigenvalue weighted by atomic mass is 10.1. The number of para-hydroxylation sites is 2. The van der Waals surface area contributed by atoms with Gasteiger partial charge in [0.2, 0.25) is 6.17 Å². The second kappa shape index (κ2) is 8.06. The zero-order valence-corrected chi connectivity index (χ0v) is 13.8. The first-order valence-corrected chi connectivity index (χ1v) is 8.48. The van der Waals surface area contributed by atoms with E-state index in [0.29, 0.717) is 0 Å². The van der Waals surface area contributed by atoms with Crippen molar-refractivity contribution in [2.45, 2.75) is 58.0 Å². The molecule has 122 valence electrons. The normalized spacial score (nSPS) is 16.9. The average molecular weight is 304 g/mol. The van der Waals surface area contributed by atoms with E-state index in [9.17, 15) is 9.90 Å². The third-order valence-corrected chi connectivity index (χ3v) is 4.46. The molecule has 0 bridgehead atoms. The lowest BCUT2D eigenvalue weighted by Gasteiger charge is -2.27. The Morgan fingerprint density at radius 2 is 1.64 bits per heavy atom. The number of fused-ring (bicyclic) bond motifs is 1. The molecule has 0 saturated carbocycles. The lowest BCUT2D eigenvalue weighted by molar-refractivity contribution is -0.138. The van der Waals surface area contributed by atoms with Crippen LogP contribution in [0.2, 0.25) is 0 Å². The van der Waals surface area contributed by atoms with Gasteiger partial charge >= 0.3 is 5.97 Å². The number of carboxylic acid groups (broad SMARTS) is 1. The van der Waals surface area contributed by atoms with Gasteiger partial charge in [-0.15, -0.1) is 0 Å². The SMILES string of the molecule is CCCCCCCCCN1c2ccccc2N(C)C1C(=O)O. The number of hydrogen-bond donors (Lipinski definition) is 1. The van der Waals surface area contributed by atoms with Crippen molar-refractivity contribution in [2.75, 3.05) is 23.4 Å². The molecule has 1 N–H and O–H groups in total. The summed E-state index contributed by atoms with van der Waals surface area (Å²) in [5.74, 6) is -0.776. The average Bonchev–Trinajstić information content (AvgIpc) is 2.80. The number of hydrogen-bond acceptors (Lipinski definition) is 3. The van der Waals surface area contributed by atoms with Crippen LogP contribution in [0.25, 0.3) is 0 Å². The molecule has 0 aliphatic carbocycles. The van der Waals surface area contributed by atoms with Gasteiger partial charge in [0.25, 0.3) is 0 Å². The number of benzene rings is 1. The van der Waals surface area contributed by atoms with Crippen LogP contribution in [0.15, 0.2) is 24.3 Å². The monoisotopic (exact) mass is 304 g/mol. The largest absolute Gasteiger partial charge is 0.478 e. The molecule has 4 heteroatoms. The summed E-state index contributed by atoms with van der Waals surface area (Å²) < 4.78 is 0. The zero-order chi connectivity index (χ0) is 15.9. The standard InChI is InChI=1S/C18H28N2O2/c1-3-4-5-6-7-8-11-14-20-16-13-10-9-12-15(16)19(2)17(20)18(21)22/h9-10,12-13,17H,3-8,11,14H2,1-2H3,(H,21,22). The van der Waals surface area contributed by atoms with Gasteiger partial charge in [0, 0.05) is 13.6 Å². The Kier molecular flexibility index (Phi) is 6.10. The molecule has 4 nitrogen and oxygen atoms in total. The highest BCUT2D eigenvalue weighted by Gasteiger charge is 2.37. The number of unbranched alkanes of at least 4 members (excludes halogenated alkanes) is 6. The van der Waals surface area contributed by atoms with Crippen LogP contribution in [-0.2, 0) is 4.79 Å². The molecule has 0 radical (unpaired) electrons. The van der Waals surface area contributed by atoms with E-state index in [1.54, 1.807) is 0 Å². The van der Waals surface area contributed by atoms with E-state index in [4.69, 9.17) is 0 Å². The number of nitrogens with zero attached hydrogens (tertiary/aromatic N) is 2. The van der Waals surface area contributed by atoms with Crippen LogP contribution in [0.1, 0.15) is 51.9 Å². The second-order valence-electron chi connectivity index (χ2n) is 6.13. The molecule has 1 aliphatic heterocycles. The Morgan fingerprint density at radius 3 is 2.27 bits per heavy atom. The Balaban J connectivity index is 1.89. The van der Waals surface area contributed by atoms with Gasteiger partial charge < -0.3 is 14.9 Å². The molecule has 1 aliphatic rings. The summed E-state index contributed by atoms with van der Waals surface area (Å²) in [7, 11) is 1.86. The van der Waals surface area contributed by atoms with Crippen LogP contribution < -0.4 is 9.80 Å². The molecule has 1 atom stereocenters. The predicted molar refractivity (Wildman–Crippen MR) is 91.6 cm³/mol. The summed E-state index contributed by atoms with van der Waals surface area (Å²) >= 11 is 0. The minimum Gasteiger partial charge on any atom is -0.478 e. The second-order valence-corrected chi connectivity index (χ2v) is 6.13. The molecule has 2 rings (SSSR count). The maximum absolute atomic E-state index is 11.6. The number of likely N-dealkylation sites (N-methyl/N-ethyl adjacent to an activating group) is 1. The molecule has 1 heterocycles. The molecule has 1 aromatic rings. The first kappa shape index (κ1) is 16.7. The van der Waals surface area contributed by atoms with Gasteiger partial charge in [-0.25, -0.2) is 4.79 Å². The summed E-state index contributed by atoms with van der Waals surface area (Å²) in [6.07, 6.45) is 8.13. The van der Waals surface area contributed by atoms with E-state index < -0.39 is 12.1 Å². The van der Waals surface area contributed by atoms with Gasteiger partial charge in [0.1, 0.15) is 0 Å². The maximum atomic E-state index is 11.6. The van der Waals surface area contributed by atoms with Crippen LogP contribution in [0.3, 0.4) is 0 Å². The maximum Gasteiger partial charge on any atom is 0.347 e. The molecule has 0 aromatic heterocycles. The molecule has 0 fully saturated rings. The number of anilines is 2. The van der Waals surface area contributed by atoms with Crippen molar-refractivity contribution in [3.05, 3.63) is 24.3 Å². The third kappa shape index (κ3) is 3.73. The summed E-state index contributed by atoms with van der Waals surface area (Å²) in [6.45, 7) is 3.04. The summed E-state index contributed by atoms with van der Waals surface area (Å²) in [4.78, 5) is 15.5. The van der Waals surface area contributed by atoms with E-state index in [2.05, 4.69) is 6.92 Å². The molecular formula is C18H28N2O2. The lowest BCUT2D eigenvalue weighted by Crippen LogP contribution is -2.47. The van der Waals surface area contributed by atoms with Gasteiger partial charge in [-0.05, 0) is 18.6 Å². The summed E-state index contributed by atoms with van der Waals surface area (Å²) in [5.41, 5.74) is 2.06. The van der Waals surface area contributed by atoms with Crippen molar-refractivity contribution in [2.24, 2.45) is 0 Å². The first-order chi connectivity index (χ1) is 10.7. The quantitative estimate of drug-likeness (QED) is 0.697. The van der Waals surface area contributed by atoms with Crippen LogP contribution in [0.5, 0.6) is 0 Å². The number of aliphatic carboxylic acids is 1. The van der Waals surface area contributed by atoms with Crippen LogP contribution in [0, 0.1) is 0 Å². The molecule has 0 saturated heterocycles. The van der Waals surface area contributed by atoms with Gasteiger partial charge in [-0.1, -0.05) is 57.6 Å². The summed E-state index contributed by atoms with van der Waals surface area (Å²) in [5, 5.41) is 9.54. The van der Waals surface area contributed by atoms with E-state index in [-0.39, 0.29) is 0 Å². The fraction of sp³-hybridized carbons (Fsp3) is 0.611. The molecule has 22 heavy (non-hydrogen) atoms. The Bertz CT molecular complexity index is 490. The highest BCUT2D eigenvalue weighted by Crippen LogP contribution is 2.38. The van der Waals surface area contributed by atoms with Crippen LogP contribution >= 0.6 is 0 Å². The molecule has 1 aromatic carbocycles.